The first-order valence-corrected chi connectivity index (χ1v) is 8.18. The van der Waals surface area contributed by atoms with Gasteiger partial charge in [-0.1, -0.05) is 27.7 Å². The predicted molar refractivity (Wildman–Crippen MR) is 84.6 cm³/mol. The zero-order valence-electron chi connectivity index (χ0n) is 13.9. The summed E-state index contributed by atoms with van der Waals surface area (Å²) in [6.07, 6.45) is 0. The van der Waals surface area contributed by atoms with E-state index in [4.69, 9.17) is 4.98 Å². The number of hydrogen-bond donors (Lipinski definition) is 0. The Morgan fingerprint density at radius 2 is 1.65 bits per heavy atom. The number of amides is 1. The van der Waals surface area contributed by atoms with Crippen LogP contribution in [0.2, 0.25) is 0 Å². The van der Waals surface area contributed by atoms with Crippen molar-refractivity contribution in [3.8, 4) is 0 Å². The summed E-state index contributed by atoms with van der Waals surface area (Å²) in [6.45, 7) is 17.2. The molecule has 1 aliphatic rings. The molecule has 0 fully saturated rings. The molecule has 0 radical (unpaired) electrons. The number of fused-ring (bicyclic) bond motifs is 1. The first-order valence-electron chi connectivity index (χ1n) is 7.36. The molecule has 0 atom stereocenters. The maximum absolute atomic E-state index is 12.9. The van der Waals surface area contributed by atoms with E-state index in [-0.39, 0.29) is 22.9 Å². The van der Waals surface area contributed by atoms with Gasteiger partial charge in [0.05, 0.1) is 10.7 Å². The molecule has 0 unspecified atom stereocenters. The Kier molecular flexibility index (Phi) is 3.52. The molecule has 0 saturated heterocycles. The molecule has 2 heterocycles. The lowest BCUT2D eigenvalue weighted by Crippen LogP contribution is -2.63. The highest BCUT2D eigenvalue weighted by Crippen LogP contribution is 2.47. The fourth-order valence-corrected chi connectivity index (χ4v) is 4.15. The van der Waals surface area contributed by atoms with Gasteiger partial charge >= 0.3 is 0 Å². The van der Waals surface area contributed by atoms with Crippen molar-refractivity contribution in [2.24, 2.45) is 0 Å². The molecule has 1 amide bonds. The first kappa shape index (κ1) is 15.5. The SMILES string of the molecule is CC(C)c1nc2c(s1)C(=O)N(C(C)C)C(C)(C)C2(C)C. The van der Waals surface area contributed by atoms with Gasteiger partial charge in [-0.15, -0.1) is 11.3 Å². The molecule has 4 heteroatoms. The van der Waals surface area contributed by atoms with Crippen LogP contribution in [0.5, 0.6) is 0 Å². The van der Waals surface area contributed by atoms with Crippen LogP contribution in [0.4, 0.5) is 0 Å². The molecule has 0 bridgehead atoms. The van der Waals surface area contributed by atoms with E-state index in [1.165, 1.54) is 0 Å². The number of aromatic nitrogens is 1. The van der Waals surface area contributed by atoms with Crippen molar-refractivity contribution in [2.75, 3.05) is 0 Å². The van der Waals surface area contributed by atoms with E-state index in [1.807, 2.05) is 4.90 Å². The first-order chi connectivity index (χ1) is 9.01. The number of rotatable bonds is 2. The predicted octanol–water partition coefficient (Wildman–Crippen LogP) is 4.19. The highest BCUT2D eigenvalue weighted by molar-refractivity contribution is 7.14. The smallest absolute Gasteiger partial charge is 0.266 e. The van der Waals surface area contributed by atoms with Gasteiger partial charge in [0.15, 0.2) is 0 Å². The zero-order chi connectivity index (χ0) is 15.5. The minimum absolute atomic E-state index is 0.142. The van der Waals surface area contributed by atoms with Gasteiger partial charge in [0, 0.05) is 22.9 Å². The monoisotopic (exact) mass is 294 g/mol. The van der Waals surface area contributed by atoms with Crippen LogP contribution < -0.4 is 0 Å². The number of carbonyl (C=O) groups is 1. The van der Waals surface area contributed by atoms with Crippen molar-refractivity contribution in [1.29, 1.82) is 0 Å². The lowest BCUT2D eigenvalue weighted by molar-refractivity contribution is 0.0138. The summed E-state index contributed by atoms with van der Waals surface area (Å²) in [5.74, 6) is 0.508. The number of hydrogen-bond acceptors (Lipinski definition) is 3. The van der Waals surface area contributed by atoms with Crippen LogP contribution in [0, 0.1) is 0 Å². The summed E-state index contributed by atoms with van der Waals surface area (Å²) in [5, 5.41) is 1.07. The third kappa shape index (κ3) is 1.92. The average Bonchev–Trinajstić information content (AvgIpc) is 2.71. The Morgan fingerprint density at radius 3 is 2.10 bits per heavy atom. The third-order valence-corrected chi connectivity index (χ3v) is 6.13. The van der Waals surface area contributed by atoms with Crippen LogP contribution in [-0.2, 0) is 5.41 Å². The number of carbonyl (C=O) groups excluding carboxylic acids is 1. The molecular formula is C16H26N2OS. The molecule has 3 nitrogen and oxygen atoms in total. The molecule has 1 aromatic rings. The van der Waals surface area contributed by atoms with Gasteiger partial charge in [0.1, 0.15) is 4.88 Å². The standard InChI is InChI=1S/C16H26N2OS/c1-9(2)13-17-12-11(20-13)14(19)18(10(3)4)16(7,8)15(12,5)6/h9-10H,1-8H3. The molecule has 0 aromatic carbocycles. The van der Waals surface area contributed by atoms with Crippen LogP contribution in [-0.4, -0.2) is 27.4 Å². The lowest BCUT2D eigenvalue weighted by atomic mass is 9.68. The van der Waals surface area contributed by atoms with Crippen LogP contribution in [0.1, 0.15) is 81.7 Å². The molecule has 1 aliphatic heterocycles. The molecule has 2 rings (SSSR count). The van der Waals surface area contributed by atoms with E-state index in [0.29, 0.717) is 5.92 Å². The Hall–Kier alpha value is -0.900. The normalized spacial score (nSPS) is 20.7. The van der Waals surface area contributed by atoms with Gasteiger partial charge in [-0.25, -0.2) is 4.98 Å². The fourth-order valence-electron chi connectivity index (χ4n) is 2.99. The van der Waals surface area contributed by atoms with Gasteiger partial charge < -0.3 is 4.90 Å². The molecular weight excluding hydrogens is 268 g/mol. The van der Waals surface area contributed by atoms with E-state index in [1.54, 1.807) is 11.3 Å². The fraction of sp³-hybridized carbons (Fsp3) is 0.750. The van der Waals surface area contributed by atoms with Crippen molar-refractivity contribution in [1.82, 2.24) is 9.88 Å². The molecule has 0 N–H and O–H groups in total. The quantitative estimate of drug-likeness (QED) is 0.819. The third-order valence-electron chi connectivity index (χ3n) is 4.79. The van der Waals surface area contributed by atoms with E-state index >= 15 is 0 Å². The van der Waals surface area contributed by atoms with Crippen LogP contribution >= 0.6 is 11.3 Å². The molecule has 1 aromatic heterocycles. The van der Waals surface area contributed by atoms with Crippen LogP contribution in [0.3, 0.4) is 0 Å². The molecule has 0 spiro atoms. The van der Waals surface area contributed by atoms with Gasteiger partial charge in [0.25, 0.3) is 5.91 Å². The summed E-state index contributed by atoms with van der Waals surface area (Å²) in [7, 11) is 0. The molecule has 0 saturated carbocycles. The van der Waals surface area contributed by atoms with Crippen molar-refractivity contribution >= 4 is 17.2 Å². The summed E-state index contributed by atoms with van der Waals surface area (Å²) in [6, 6.07) is 0.189. The molecule has 112 valence electrons. The van der Waals surface area contributed by atoms with Crippen molar-refractivity contribution < 1.29 is 4.79 Å². The second kappa shape index (κ2) is 4.55. The highest BCUT2D eigenvalue weighted by Gasteiger charge is 2.53. The second-order valence-corrected chi connectivity index (χ2v) is 8.37. The Morgan fingerprint density at radius 1 is 1.10 bits per heavy atom. The van der Waals surface area contributed by atoms with Gasteiger partial charge in [-0.2, -0.15) is 0 Å². The summed E-state index contributed by atoms with van der Waals surface area (Å²) >= 11 is 1.57. The van der Waals surface area contributed by atoms with Crippen LogP contribution in [0.25, 0.3) is 0 Å². The van der Waals surface area contributed by atoms with Gasteiger partial charge in [-0.05, 0) is 27.7 Å². The molecule has 0 aliphatic carbocycles. The lowest BCUT2D eigenvalue weighted by Gasteiger charge is -2.53. The van der Waals surface area contributed by atoms with Gasteiger partial charge in [-0.3, -0.25) is 4.79 Å². The number of thiazole rings is 1. The van der Waals surface area contributed by atoms with E-state index < -0.39 is 0 Å². The average molecular weight is 294 g/mol. The van der Waals surface area contributed by atoms with E-state index in [9.17, 15) is 4.79 Å². The Labute approximate surface area is 126 Å². The topological polar surface area (TPSA) is 33.2 Å². The van der Waals surface area contributed by atoms with Crippen molar-refractivity contribution in [2.45, 2.75) is 78.3 Å². The zero-order valence-corrected chi connectivity index (χ0v) is 14.7. The Balaban J connectivity index is 2.69. The number of nitrogens with zero attached hydrogens (tertiary/aromatic N) is 2. The minimum atomic E-state index is -0.242. The van der Waals surface area contributed by atoms with Crippen molar-refractivity contribution in [3.05, 3.63) is 15.6 Å². The van der Waals surface area contributed by atoms with Crippen molar-refractivity contribution in [3.63, 3.8) is 0 Å². The van der Waals surface area contributed by atoms with E-state index in [2.05, 4.69) is 55.4 Å². The second-order valence-electron chi connectivity index (χ2n) is 7.34. The summed E-state index contributed by atoms with van der Waals surface area (Å²) < 4.78 is 0. The Bertz CT molecular complexity index is 541. The van der Waals surface area contributed by atoms with E-state index in [0.717, 1.165) is 15.6 Å². The summed E-state index contributed by atoms with van der Waals surface area (Å²) in [4.78, 5) is 20.6. The minimum Gasteiger partial charge on any atom is -0.329 e. The van der Waals surface area contributed by atoms with Crippen LogP contribution in [0.15, 0.2) is 0 Å². The maximum Gasteiger partial charge on any atom is 0.266 e. The maximum atomic E-state index is 12.9. The molecule has 20 heavy (non-hydrogen) atoms. The summed E-state index contributed by atoms with van der Waals surface area (Å²) in [5.41, 5.74) is 0.593. The largest absolute Gasteiger partial charge is 0.329 e. The highest BCUT2D eigenvalue weighted by atomic mass is 32.1. The van der Waals surface area contributed by atoms with Gasteiger partial charge in [0.2, 0.25) is 0 Å².